The minimum atomic E-state index is -0.284. The molecule has 8 heteroatoms. The number of carbonyl (C=O) groups is 3. The number of carbonyl (C=O) groups excluding carboxylic acids is 3. The average molecular weight is 1420 g/mol. The molecular weight excluding hydrogens is 1230 g/mol. The fourth-order valence-electron chi connectivity index (χ4n) is 7.48. The van der Waals surface area contributed by atoms with Crippen LogP contribution in [0.3, 0.4) is 0 Å². The van der Waals surface area contributed by atoms with E-state index in [0.29, 0.717) is 41.4 Å². The van der Waals surface area contributed by atoms with Crippen molar-refractivity contribution in [1.29, 1.82) is 0 Å². The van der Waals surface area contributed by atoms with E-state index < -0.39 is 0 Å². The quantitative estimate of drug-likeness (QED) is 0.0359. The van der Waals surface area contributed by atoms with Gasteiger partial charge in [0.15, 0.2) is 0 Å². The molecule has 5 N–H and O–H groups in total. The molecule has 0 heterocycles. The summed E-state index contributed by atoms with van der Waals surface area (Å²) in [5.41, 5.74) is 2.74. The Morgan fingerprint density at radius 1 is 0.290 bits per heavy atom. The number of hydrogen-bond donors (Lipinski definition) is 5. The third-order valence-electron chi connectivity index (χ3n) is 17.2. The molecule has 0 bridgehead atoms. The standard InChI is InChI=1S/C17H26O.C13H18O.4C9H18O.2C5H10O.2C4H10.8CH4/c1-5-13(2)17(18)15(4)14(3)11-12-16-9-7-6-8-10-16;1-11(12(2)10-14)8-9-13-6-4-3-5-7-13;4*1-5-7(3)9(10)8(4)6-2;2*1-3-5(2)4-6;2*1-4(2)3;;;;;;;;/h5-10,13-15,17-18H,1,11-12H2,2-4H3;3-7,10-12H,8-9H2,1-2H3;4*5,7-10H,1,6H2,2-4H3;2*4-5H,3H2,1-2H3;2*4H,1-3H3;8*1H4/t13-,14-,15+,17+;11-,12-;7-,8+,9+;7-,8+,9-;7-,8-,9+;7-,8-,9-;2*5-;;;;;;;;;;/m00010110........../s1. The maximum Gasteiger partial charge on any atom is 0.123 e. The van der Waals surface area contributed by atoms with Crippen LogP contribution in [-0.4, -0.2) is 74.9 Å². The van der Waals surface area contributed by atoms with Crippen LogP contribution in [0.1, 0.15) is 309 Å². The van der Waals surface area contributed by atoms with E-state index in [-0.39, 0.29) is 137 Å². The highest BCUT2D eigenvalue weighted by atomic mass is 16.3. The van der Waals surface area contributed by atoms with E-state index in [1.54, 1.807) is 24.3 Å². The molecule has 0 unspecified atom stereocenters. The molecule has 0 amide bonds. The number of aryl methyl sites for hydroxylation is 2. The van der Waals surface area contributed by atoms with Crippen LogP contribution in [0, 0.1) is 101 Å². The zero-order chi connectivity index (χ0) is 73.7. The van der Waals surface area contributed by atoms with Crippen molar-refractivity contribution >= 4 is 18.9 Å². The predicted octanol–water partition coefficient (Wildman–Crippen LogP) is 26.9. The van der Waals surface area contributed by atoms with Crippen LogP contribution in [0.5, 0.6) is 0 Å². The van der Waals surface area contributed by atoms with Crippen LogP contribution in [0.2, 0.25) is 0 Å². The van der Waals surface area contributed by atoms with E-state index in [0.717, 1.165) is 94.9 Å². The molecule has 0 saturated carbocycles. The van der Waals surface area contributed by atoms with Gasteiger partial charge < -0.3 is 39.9 Å². The van der Waals surface area contributed by atoms with Gasteiger partial charge in [-0.05, 0) is 133 Å². The summed E-state index contributed by atoms with van der Waals surface area (Å²) in [6.07, 6.45) is 21.3. The lowest BCUT2D eigenvalue weighted by atomic mass is 9.82. The van der Waals surface area contributed by atoms with Crippen molar-refractivity contribution in [2.24, 2.45) is 101 Å². The summed E-state index contributed by atoms with van der Waals surface area (Å²) in [6.45, 7) is 74.2. The molecule has 0 aliphatic rings. The zero-order valence-electron chi connectivity index (χ0n) is 65.2. The lowest BCUT2D eigenvalue weighted by molar-refractivity contribution is -0.112. The van der Waals surface area contributed by atoms with Gasteiger partial charge in [-0.25, -0.2) is 0 Å². The van der Waals surface area contributed by atoms with Gasteiger partial charge in [0.05, 0.1) is 30.5 Å². The summed E-state index contributed by atoms with van der Waals surface area (Å²) in [7, 11) is 0. The second-order valence-corrected chi connectivity index (χ2v) is 27.8. The van der Waals surface area contributed by atoms with Crippen molar-refractivity contribution in [2.75, 3.05) is 0 Å². The fourth-order valence-corrected chi connectivity index (χ4v) is 7.48. The Hall–Kier alpha value is -4.05. The van der Waals surface area contributed by atoms with Gasteiger partial charge in [-0.1, -0.05) is 363 Å². The Morgan fingerprint density at radius 3 is 0.650 bits per heavy atom. The lowest BCUT2D eigenvalue weighted by Crippen LogP contribution is -2.29. The van der Waals surface area contributed by atoms with Gasteiger partial charge >= 0.3 is 0 Å². The fraction of sp³-hybridized carbons (Fsp3) is 0.728. The summed E-state index contributed by atoms with van der Waals surface area (Å²) in [5.74, 6) is 6.22. The van der Waals surface area contributed by atoms with Crippen molar-refractivity contribution < 1.29 is 39.9 Å². The zero-order valence-corrected chi connectivity index (χ0v) is 65.2. The monoisotopic (exact) mass is 1420 g/mol. The predicted molar refractivity (Wildman–Crippen MR) is 463 cm³/mol. The Morgan fingerprint density at radius 2 is 0.490 bits per heavy atom. The number of aliphatic hydroxyl groups excluding tert-OH is 5. The molecule has 2 rings (SSSR count). The van der Waals surface area contributed by atoms with E-state index in [1.807, 2.05) is 87.4 Å². The van der Waals surface area contributed by atoms with E-state index in [9.17, 15) is 39.9 Å². The maximum absolute atomic E-state index is 10.6. The van der Waals surface area contributed by atoms with Crippen LogP contribution >= 0.6 is 0 Å². The highest BCUT2D eigenvalue weighted by Crippen LogP contribution is 2.26. The Bertz CT molecular complexity index is 1790. The molecule has 0 radical (unpaired) electrons. The molecule has 0 spiro atoms. The van der Waals surface area contributed by atoms with Crippen molar-refractivity contribution in [3.8, 4) is 0 Å². The Kier molecular flexibility index (Phi) is 123. The lowest BCUT2D eigenvalue weighted by Gasteiger charge is -2.28. The SMILES string of the molecule is C.C.C.C.C.C.C.C.C=C[C@@H](C)[C@@H](O)[C@@H](C)CC.C=C[C@@H](C)[C@@H](O)[C@H](C)CC.C=C[C@H](C)[C@@H](O)[C@@H](C)CC.C=C[C@H](C)[C@@H](O)[C@H](C)CC.C=C[C@H](C)[C@@H](O)[C@H](C)[C@@H](C)CCc1ccccc1.CC(C)C.CC(C)C.CC[C@@H](C)C=O.CC[C@H](C)C=O.C[C@@H](C=O)[C@@H](C)CCc1ccccc1. The Balaban J connectivity index is -0.0000000571. The first kappa shape index (κ1) is 135. The number of rotatable bonds is 32. The Labute approximate surface area is 632 Å². The molecule has 2 aromatic carbocycles. The van der Waals surface area contributed by atoms with Gasteiger partial charge in [0.1, 0.15) is 18.9 Å². The first-order chi connectivity index (χ1) is 42.9. The largest absolute Gasteiger partial charge is 0.392 e. The van der Waals surface area contributed by atoms with Crippen molar-refractivity contribution in [3.05, 3.63) is 135 Å². The van der Waals surface area contributed by atoms with Crippen LogP contribution < -0.4 is 0 Å². The minimum absolute atomic E-state index is 0. The molecule has 100 heavy (non-hydrogen) atoms. The van der Waals surface area contributed by atoms with Gasteiger partial charge in [-0.3, -0.25) is 0 Å². The van der Waals surface area contributed by atoms with Crippen LogP contribution in [-0.2, 0) is 27.2 Å². The highest BCUT2D eigenvalue weighted by Gasteiger charge is 2.24. The van der Waals surface area contributed by atoms with E-state index in [4.69, 9.17) is 0 Å². The van der Waals surface area contributed by atoms with Gasteiger partial charge in [-0.2, -0.15) is 0 Å². The highest BCUT2D eigenvalue weighted by molar-refractivity contribution is 5.53. The smallest absolute Gasteiger partial charge is 0.123 e. The summed E-state index contributed by atoms with van der Waals surface area (Å²) >= 11 is 0. The second kappa shape index (κ2) is 91.0. The van der Waals surface area contributed by atoms with Gasteiger partial charge in [0.25, 0.3) is 0 Å². The number of aliphatic hydroxyl groups is 5. The van der Waals surface area contributed by atoms with E-state index >= 15 is 0 Å². The van der Waals surface area contributed by atoms with Crippen LogP contribution in [0.15, 0.2) is 124 Å². The van der Waals surface area contributed by atoms with Crippen molar-refractivity contribution in [3.63, 3.8) is 0 Å². The molecule has 604 valence electrons. The van der Waals surface area contributed by atoms with Gasteiger partial charge in [-0.15, -0.1) is 32.9 Å². The third kappa shape index (κ3) is 84.6. The average Bonchev–Trinajstić information content (AvgIpc) is 0.916. The summed E-state index contributed by atoms with van der Waals surface area (Å²) in [4.78, 5) is 30.0. The van der Waals surface area contributed by atoms with Gasteiger partial charge in [0, 0.05) is 17.8 Å². The maximum atomic E-state index is 10.6. The third-order valence-corrected chi connectivity index (χ3v) is 17.2. The van der Waals surface area contributed by atoms with Crippen molar-refractivity contribution in [1.82, 2.24) is 0 Å². The molecule has 8 nitrogen and oxygen atoms in total. The first-order valence-electron chi connectivity index (χ1n) is 35.9. The summed E-state index contributed by atoms with van der Waals surface area (Å²) in [5, 5.41) is 48.2. The summed E-state index contributed by atoms with van der Waals surface area (Å²) < 4.78 is 0. The van der Waals surface area contributed by atoms with Crippen LogP contribution in [0.4, 0.5) is 0 Å². The number of hydrogen-bond acceptors (Lipinski definition) is 8. The molecule has 0 aromatic heterocycles. The minimum Gasteiger partial charge on any atom is -0.392 e. The van der Waals surface area contributed by atoms with E-state index in [2.05, 4.69) is 199 Å². The molecule has 0 fully saturated rings. The van der Waals surface area contributed by atoms with Crippen molar-refractivity contribution in [2.45, 2.75) is 341 Å². The van der Waals surface area contributed by atoms with E-state index in [1.165, 1.54) is 11.1 Å². The molecule has 20 atom stereocenters. The molecule has 0 aliphatic heterocycles. The number of aldehydes is 3. The van der Waals surface area contributed by atoms with Crippen LogP contribution in [0.25, 0.3) is 0 Å². The van der Waals surface area contributed by atoms with Gasteiger partial charge in [0.2, 0.25) is 0 Å². The molecule has 0 saturated heterocycles. The number of benzene rings is 2. The molecule has 2 aromatic rings. The molecular formula is C92H188O8. The second-order valence-electron chi connectivity index (χ2n) is 27.8. The topological polar surface area (TPSA) is 152 Å². The normalized spacial score (nSPS) is 15.5. The molecule has 0 aliphatic carbocycles. The summed E-state index contributed by atoms with van der Waals surface area (Å²) in [6, 6.07) is 21.0. The first-order valence-corrected chi connectivity index (χ1v) is 35.9.